The molecular formula is C23H19FN2O3. The molecule has 4 rings (SSSR count). The first kappa shape index (κ1) is 18.7. The van der Waals surface area contributed by atoms with Gasteiger partial charge in [-0.05, 0) is 23.3 Å². The van der Waals surface area contributed by atoms with Crippen LogP contribution in [0.5, 0.6) is 0 Å². The molecule has 1 N–H and O–H groups in total. The van der Waals surface area contributed by atoms with Gasteiger partial charge in [0, 0.05) is 37.8 Å². The summed E-state index contributed by atoms with van der Waals surface area (Å²) in [7, 11) is 1.76. The van der Waals surface area contributed by atoms with Crippen LogP contribution in [0.1, 0.15) is 27.2 Å². The quantitative estimate of drug-likeness (QED) is 0.564. The highest BCUT2D eigenvalue weighted by Gasteiger charge is 2.17. The number of hydrogen-bond acceptors (Lipinski definition) is 3. The highest BCUT2D eigenvalue weighted by atomic mass is 19.1. The number of aryl methyl sites for hydroxylation is 1. The summed E-state index contributed by atoms with van der Waals surface area (Å²) in [5.74, 6) is -0.620. The predicted octanol–water partition coefficient (Wildman–Crippen LogP) is 3.79. The van der Waals surface area contributed by atoms with Gasteiger partial charge in [-0.15, -0.1) is 0 Å². The highest BCUT2D eigenvalue weighted by molar-refractivity contribution is 5.95. The molecule has 2 aromatic heterocycles. The van der Waals surface area contributed by atoms with Crippen molar-refractivity contribution in [1.82, 2.24) is 9.88 Å². The fourth-order valence-corrected chi connectivity index (χ4v) is 3.26. The topological polar surface area (TPSA) is 64.2 Å². The van der Waals surface area contributed by atoms with Gasteiger partial charge >= 0.3 is 0 Å². The lowest BCUT2D eigenvalue weighted by molar-refractivity contribution is 0.0925. The van der Waals surface area contributed by atoms with Crippen LogP contribution in [0.2, 0.25) is 0 Å². The Balaban J connectivity index is 1.60. The number of hydrogen-bond donors (Lipinski definition) is 1. The molecule has 0 aliphatic carbocycles. The Labute approximate surface area is 166 Å². The molecule has 0 aliphatic rings. The van der Waals surface area contributed by atoms with Crippen LogP contribution in [0, 0.1) is 5.82 Å². The van der Waals surface area contributed by atoms with Crippen molar-refractivity contribution < 1.29 is 13.6 Å². The van der Waals surface area contributed by atoms with Gasteiger partial charge in [0.25, 0.3) is 5.91 Å². The minimum Gasteiger partial charge on any atom is -0.434 e. The van der Waals surface area contributed by atoms with Crippen molar-refractivity contribution in [3.05, 3.63) is 105 Å². The van der Waals surface area contributed by atoms with Gasteiger partial charge in [0.2, 0.25) is 5.71 Å². The van der Waals surface area contributed by atoms with E-state index in [1.807, 2.05) is 30.3 Å². The molecule has 2 heterocycles. The van der Waals surface area contributed by atoms with E-state index in [0.29, 0.717) is 29.6 Å². The molecule has 0 saturated carbocycles. The number of nitrogens with zero attached hydrogens (tertiary/aromatic N) is 1. The van der Waals surface area contributed by atoms with Gasteiger partial charge < -0.3 is 14.3 Å². The molecule has 0 fully saturated rings. The lowest BCUT2D eigenvalue weighted by atomic mass is 10.1. The number of nitrogens with one attached hydrogen (secondary N) is 1. The number of furan rings is 1. The van der Waals surface area contributed by atoms with Crippen molar-refractivity contribution in [2.24, 2.45) is 7.05 Å². The molecule has 0 saturated heterocycles. The van der Waals surface area contributed by atoms with E-state index in [0.717, 1.165) is 11.1 Å². The van der Waals surface area contributed by atoms with Crippen LogP contribution in [0.4, 0.5) is 4.39 Å². The Kier molecular flexibility index (Phi) is 4.99. The molecule has 0 spiro atoms. The fraction of sp³-hybridized carbons (Fsp3) is 0.130. The van der Waals surface area contributed by atoms with E-state index in [1.165, 1.54) is 18.2 Å². The highest BCUT2D eigenvalue weighted by Crippen LogP contribution is 2.18. The summed E-state index contributed by atoms with van der Waals surface area (Å²) < 4.78 is 20.4. The van der Waals surface area contributed by atoms with Crippen LogP contribution in [0.25, 0.3) is 11.1 Å². The normalized spacial score (nSPS) is 11.0. The number of carbonyl (C=O) groups excluding carboxylic acids is 1. The molecule has 0 aliphatic heterocycles. The lowest BCUT2D eigenvalue weighted by Crippen LogP contribution is -2.22. The molecule has 29 heavy (non-hydrogen) atoms. The third-order valence-corrected chi connectivity index (χ3v) is 4.75. The zero-order valence-electron chi connectivity index (χ0n) is 15.8. The first-order valence-electron chi connectivity index (χ1n) is 9.20. The van der Waals surface area contributed by atoms with E-state index in [2.05, 4.69) is 5.32 Å². The number of fused-ring (bicyclic) bond motifs is 1. The second kappa shape index (κ2) is 7.75. The third-order valence-electron chi connectivity index (χ3n) is 4.75. The predicted molar refractivity (Wildman–Crippen MR) is 108 cm³/mol. The standard InChI is InChI=1S/C23H19FN2O3/c1-26-14-17(11-15-7-9-18(24)10-8-15)21(27)19-12-20(29-23(19)26)22(28)25-13-16-5-3-2-4-6-16/h2-10,12,14H,11,13H2,1H3,(H,25,28). The van der Waals surface area contributed by atoms with Gasteiger partial charge in [-0.2, -0.15) is 0 Å². The van der Waals surface area contributed by atoms with Crippen LogP contribution in [-0.2, 0) is 20.0 Å². The summed E-state index contributed by atoms with van der Waals surface area (Å²) in [6.45, 7) is 0.364. The van der Waals surface area contributed by atoms with E-state index in [1.54, 1.807) is 29.9 Å². The number of aromatic nitrogens is 1. The smallest absolute Gasteiger partial charge is 0.287 e. The molecule has 5 nitrogen and oxygen atoms in total. The number of benzene rings is 2. The van der Waals surface area contributed by atoms with Crippen molar-refractivity contribution in [2.75, 3.05) is 0 Å². The maximum Gasteiger partial charge on any atom is 0.287 e. The Morgan fingerprint density at radius 1 is 1.07 bits per heavy atom. The van der Waals surface area contributed by atoms with Gasteiger partial charge in [-0.3, -0.25) is 9.59 Å². The van der Waals surface area contributed by atoms with Crippen molar-refractivity contribution in [2.45, 2.75) is 13.0 Å². The zero-order valence-corrected chi connectivity index (χ0v) is 15.8. The zero-order chi connectivity index (χ0) is 20.4. The van der Waals surface area contributed by atoms with Crippen LogP contribution in [0.15, 0.2) is 76.1 Å². The third kappa shape index (κ3) is 3.96. The molecule has 146 valence electrons. The molecule has 2 aromatic carbocycles. The summed E-state index contributed by atoms with van der Waals surface area (Å²) in [6, 6.07) is 17.0. The average Bonchev–Trinajstić information content (AvgIpc) is 3.19. The monoisotopic (exact) mass is 390 g/mol. The van der Waals surface area contributed by atoms with Crippen molar-refractivity contribution in [1.29, 1.82) is 0 Å². The Morgan fingerprint density at radius 2 is 1.79 bits per heavy atom. The second-order valence-corrected chi connectivity index (χ2v) is 6.90. The number of pyridine rings is 1. The number of carbonyl (C=O) groups is 1. The first-order valence-corrected chi connectivity index (χ1v) is 9.20. The maximum absolute atomic E-state index is 13.1. The van der Waals surface area contributed by atoms with Gasteiger partial charge in [0.05, 0.1) is 5.39 Å². The van der Waals surface area contributed by atoms with Crippen molar-refractivity contribution in [3.63, 3.8) is 0 Å². The van der Waals surface area contributed by atoms with E-state index in [4.69, 9.17) is 4.42 Å². The van der Waals surface area contributed by atoms with E-state index in [9.17, 15) is 14.0 Å². The fourth-order valence-electron chi connectivity index (χ4n) is 3.26. The van der Waals surface area contributed by atoms with Gasteiger partial charge in [0.15, 0.2) is 11.2 Å². The number of rotatable bonds is 5. The summed E-state index contributed by atoms with van der Waals surface area (Å²) >= 11 is 0. The number of amides is 1. The molecule has 0 bridgehead atoms. The van der Waals surface area contributed by atoms with Gasteiger partial charge in [0.1, 0.15) is 5.82 Å². The minimum absolute atomic E-state index is 0.0857. The Morgan fingerprint density at radius 3 is 2.52 bits per heavy atom. The largest absolute Gasteiger partial charge is 0.434 e. The van der Waals surface area contributed by atoms with Crippen LogP contribution < -0.4 is 10.7 Å². The van der Waals surface area contributed by atoms with E-state index >= 15 is 0 Å². The molecule has 0 radical (unpaired) electrons. The van der Waals surface area contributed by atoms with Crippen LogP contribution >= 0.6 is 0 Å². The summed E-state index contributed by atoms with van der Waals surface area (Å²) in [4.78, 5) is 25.4. The molecule has 6 heteroatoms. The Hall–Kier alpha value is -3.67. The molecule has 4 aromatic rings. The number of halogens is 1. The van der Waals surface area contributed by atoms with Crippen molar-refractivity contribution >= 4 is 17.0 Å². The molecular weight excluding hydrogens is 371 g/mol. The maximum atomic E-state index is 13.1. The average molecular weight is 390 g/mol. The van der Waals surface area contributed by atoms with E-state index in [-0.39, 0.29) is 22.9 Å². The van der Waals surface area contributed by atoms with Gasteiger partial charge in [-0.1, -0.05) is 42.5 Å². The summed E-state index contributed by atoms with van der Waals surface area (Å²) in [6.07, 6.45) is 2.05. The van der Waals surface area contributed by atoms with Crippen molar-refractivity contribution in [3.8, 4) is 0 Å². The van der Waals surface area contributed by atoms with E-state index < -0.39 is 0 Å². The molecule has 0 atom stereocenters. The molecule has 0 unspecified atom stereocenters. The second-order valence-electron chi connectivity index (χ2n) is 6.90. The first-order chi connectivity index (χ1) is 14.0. The SMILES string of the molecule is Cn1cc(Cc2ccc(F)cc2)c(=O)c2cc(C(=O)NCc3ccccc3)oc21. The lowest BCUT2D eigenvalue weighted by Gasteiger charge is -2.05. The summed E-state index contributed by atoms with van der Waals surface area (Å²) in [5.41, 5.74) is 2.47. The molecule has 1 amide bonds. The van der Waals surface area contributed by atoms with Gasteiger partial charge in [-0.25, -0.2) is 4.39 Å². The minimum atomic E-state index is -0.385. The Bertz CT molecular complexity index is 1220. The van der Waals surface area contributed by atoms with Crippen LogP contribution in [0.3, 0.4) is 0 Å². The van der Waals surface area contributed by atoms with Crippen LogP contribution in [-0.4, -0.2) is 10.5 Å². The summed E-state index contributed by atoms with van der Waals surface area (Å²) in [5, 5.41) is 3.14.